The highest BCUT2D eigenvalue weighted by atomic mass is 15.4. The van der Waals surface area contributed by atoms with Gasteiger partial charge in [0.1, 0.15) is 0 Å². The highest BCUT2D eigenvalue weighted by Gasteiger charge is 2.05. The van der Waals surface area contributed by atoms with Gasteiger partial charge in [-0.05, 0) is 36.6 Å². The van der Waals surface area contributed by atoms with E-state index in [1.807, 2.05) is 6.20 Å². The summed E-state index contributed by atoms with van der Waals surface area (Å²) in [4.78, 5) is 0. The first kappa shape index (κ1) is 11.7. The summed E-state index contributed by atoms with van der Waals surface area (Å²) in [6.45, 7) is 4.19. The van der Waals surface area contributed by atoms with Crippen molar-refractivity contribution in [3.63, 3.8) is 0 Å². The Labute approximate surface area is 112 Å². The molecule has 0 radical (unpaired) electrons. The first-order valence-electron chi connectivity index (χ1n) is 6.28. The topological polar surface area (TPSA) is 30.7 Å². The molecule has 0 atom stereocenters. The third-order valence-corrected chi connectivity index (χ3v) is 3.23. The zero-order chi connectivity index (χ0) is 13.2. The van der Waals surface area contributed by atoms with E-state index >= 15 is 0 Å². The van der Waals surface area contributed by atoms with Crippen LogP contribution in [0.5, 0.6) is 0 Å². The van der Waals surface area contributed by atoms with E-state index in [9.17, 15) is 0 Å². The second kappa shape index (κ2) is 4.69. The van der Waals surface area contributed by atoms with Crippen LogP contribution >= 0.6 is 0 Å². The van der Waals surface area contributed by atoms with Gasteiger partial charge < -0.3 is 0 Å². The quantitative estimate of drug-likeness (QED) is 0.695. The van der Waals surface area contributed by atoms with Crippen molar-refractivity contribution in [1.82, 2.24) is 15.0 Å². The van der Waals surface area contributed by atoms with Gasteiger partial charge >= 0.3 is 0 Å². The lowest BCUT2D eigenvalue weighted by Gasteiger charge is -2.09. The summed E-state index contributed by atoms with van der Waals surface area (Å²) < 4.78 is 1.80. The van der Waals surface area contributed by atoms with Crippen molar-refractivity contribution in [2.45, 2.75) is 13.8 Å². The molecular weight excluding hydrogens is 234 g/mol. The Bertz CT molecular complexity index is 700. The highest BCUT2D eigenvalue weighted by Crippen LogP contribution is 2.24. The molecule has 3 nitrogen and oxygen atoms in total. The standard InChI is InChI=1S/C16H15N3/c1-12-4-3-5-14(10-12)15-7-6-13(2)16(11-15)19-9-8-17-18-19/h3-11H,1-2H3. The number of rotatable bonds is 2. The van der Waals surface area contributed by atoms with Crippen LogP contribution in [0.15, 0.2) is 54.9 Å². The molecule has 0 N–H and O–H groups in total. The Kier molecular flexibility index (Phi) is 2.88. The zero-order valence-electron chi connectivity index (χ0n) is 11.0. The van der Waals surface area contributed by atoms with Gasteiger partial charge in [0.05, 0.1) is 18.1 Å². The Morgan fingerprint density at radius 3 is 2.53 bits per heavy atom. The second-order valence-electron chi connectivity index (χ2n) is 4.72. The first-order chi connectivity index (χ1) is 9.24. The fourth-order valence-electron chi connectivity index (χ4n) is 2.20. The largest absolute Gasteiger partial charge is 0.220 e. The van der Waals surface area contributed by atoms with E-state index in [2.05, 4.69) is 66.6 Å². The van der Waals surface area contributed by atoms with Crippen LogP contribution in [0.1, 0.15) is 11.1 Å². The molecule has 0 unspecified atom stereocenters. The van der Waals surface area contributed by atoms with Crippen LogP contribution in [0.3, 0.4) is 0 Å². The molecule has 0 saturated carbocycles. The van der Waals surface area contributed by atoms with Gasteiger partial charge in [0, 0.05) is 0 Å². The van der Waals surface area contributed by atoms with Crippen molar-refractivity contribution in [2.75, 3.05) is 0 Å². The fourth-order valence-corrected chi connectivity index (χ4v) is 2.20. The predicted molar refractivity (Wildman–Crippen MR) is 76.3 cm³/mol. The first-order valence-corrected chi connectivity index (χ1v) is 6.28. The number of hydrogen-bond donors (Lipinski definition) is 0. The van der Waals surface area contributed by atoms with Crippen LogP contribution in [0.4, 0.5) is 0 Å². The normalized spacial score (nSPS) is 10.6. The molecule has 0 amide bonds. The van der Waals surface area contributed by atoms with E-state index in [-0.39, 0.29) is 0 Å². The molecule has 0 aliphatic rings. The zero-order valence-corrected chi connectivity index (χ0v) is 11.0. The van der Waals surface area contributed by atoms with E-state index in [4.69, 9.17) is 0 Å². The van der Waals surface area contributed by atoms with Gasteiger partial charge in [-0.2, -0.15) is 0 Å². The molecule has 0 aliphatic heterocycles. The summed E-state index contributed by atoms with van der Waals surface area (Å²) in [7, 11) is 0. The lowest BCUT2D eigenvalue weighted by atomic mass is 10.0. The van der Waals surface area contributed by atoms with Crippen LogP contribution < -0.4 is 0 Å². The molecule has 1 aromatic heterocycles. The lowest BCUT2D eigenvalue weighted by Crippen LogP contribution is -1.98. The highest BCUT2D eigenvalue weighted by molar-refractivity contribution is 5.67. The molecule has 3 aromatic rings. The molecular formula is C16H15N3. The number of aromatic nitrogens is 3. The van der Waals surface area contributed by atoms with E-state index in [0.29, 0.717) is 0 Å². The maximum absolute atomic E-state index is 4.07. The summed E-state index contributed by atoms with van der Waals surface area (Å²) in [6, 6.07) is 14.9. The van der Waals surface area contributed by atoms with Gasteiger partial charge in [0.25, 0.3) is 0 Å². The van der Waals surface area contributed by atoms with Gasteiger partial charge in [-0.15, -0.1) is 5.10 Å². The van der Waals surface area contributed by atoms with Gasteiger partial charge in [-0.1, -0.05) is 47.2 Å². The van der Waals surface area contributed by atoms with Crippen molar-refractivity contribution < 1.29 is 0 Å². The molecule has 2 aromatic carbocycles. The Morgan fingerprint density at radius 2 is 1.79 bits per heavy atom. The molecule has 19 heavy (non-hydrogen) atoms. The van der Waals surface area contributed by atoms with Gasteiger partial charge in [0.15, 0.2) is 0 Å². The van der Waals surface area contributed by atoms with Crippen molar-refractivity contribution in [3.8, 4) is 16.8 Å². The second-order valence-corrected chi connectivity index (χ2v) is 4.72. The van der Waals surface area contributed by atoms with Crippen LogP contribution in [-0.2, 0) is 0 Å². The third-order valence-electron chi connectivity index (χ3n) is 3.23. The number of benzene rings is 2. The van der Waals surface area contributed by atoms with Gasteiger partial charge in [-0.3, -0.25) is 0 Å². The number of hydrogen-bond acceptors (Lipinski definition) is 2. The van der Waals surface area contributed by atoms with E-state index in [0.717, 1.165) is 5.69 Å². The average Bonchev–Trinajstić information content (AvgIpc) is 2.93. The number of nitrogens with zero attached hydrogens (tertiary/aromatic N) is 3. The minimum atomic E-state index is 1.07. The van der Waals surface area contributed by atoms with Crippen LogP contribution in [0.2, 0.25) is 0 Å². The fraction of sp³-hybridized carbons (Fsp3) is 0.125. The summed E-state index contributed by atoms with van der Waals surface area (Å²) >= 11 is 0. The Hall–Kier alpha value is -2.42. The molecule has 0 bridgehead atoms. The predicted octanol–water partition coefficient (Wildman–Crippen LogP) is 3.55. The van der Waals surface area contributed by atoms with Gasteiger partial charge in [-0.25, -0.2) is 4.68 Å². The smallest absolute Gasteiger partial charge is 0.0698 e. The van der Waals surface area contributed by atoms with Crippen molar-refractivity contribution in [2.24, 2.45) is 0 Å². The number of aryl methyl sites for hydroxylation is 2. The average molecular weight is 249 g/mol. The summed E-state index contributed by atoms with van der Waals surface area (Å²) in [6.07, 6.45) is 3.56. The van der Waals surface area contributed by atoms with Crippen LogP contribution in [-0.4, -0.2) is 15.0 Å². The van der Waals surface area contributed by atoms with Crippen LogP contribution in [0, 0.1) is 13.8 Å². The van der Waals surface area contributed by atoms with Gasteiger partial charge in [0.2, 0.25) is 0 Å². The molecule has 94 valence electrons. The molecule has 0 spiro atoms. The summed E-state index contributed by atoms with van der Waals surface area (Å²) in [5.41, 5.74) is 5.93. The lowest BCUT2D eigenvalue weighted by molar-refractivity contribution is 0.799. The van der Waals surface area contributed by atoms with E-state index in [1.165, 1.54) is 22.3 Å². The molecule has 0 saturated heterocycles. The molecule has 0 aliphatic carbocycles. The molecule has 3 heteroatoms. The molecule has 1 heterocycles. The Morgan fingerprint density at radius 1 is 0.947 bits per heavy atom. The van der Waals surface area contributed by atoms with Crippen molar-refractivity contribution in [3.05, 3.63) is 66.0 Å². The minimum absolute atomic E-state index is 1.07. The Balaban J connectivity index is 2.12. The summed E-state index contributed by atoms with van der Waals surface area (Å²) in [5.74, 6) is 0. The van der Waals surface area contributed by atoms with Crippen LogP contribution in [0.25, 0.3) is 16.8 Å². The van der Waals surface area contributed by atoms with Crippen molar-refractivity contribution >= 4 is 0 Å². The maximum atomic E-state index is 4.07. The van der Waals surface area contributed by atoms with Crippen molar-refractivity contribution in [1.29, 1.82) is 0 Å². The van der Waals surface area contributed by atoms with E-state index < -0.39 is 0 Å². The SMILES string of the molecule is Cc1cccc(-c2ccc(C)c(-n3ccnn3)c2)c1. The minimum Gasteiger partial charge on any atom is -0.220 e. The monoisotopic (exact) mass is 249 g/mol. The maximum Gasteiger partial charge on any atom is 0.0698 e. The molecule has 3 rings (SSSR count). The third kappa shape index (κ3) is 2.27. The van der Waals surface area contributed by atoms with E-state index in [1.54, 1.807) is 10.9 Å². The molecule has 0 fully saturated rings. The summed E-state index contributed by atoms with van der Waals surface area (Å²) in [5, 5.41) is 7.94.